The summed E-state index contributed by atoms with van der Waals surface area (Å²) in [5, 5.41) is 5.86. The van der Waals surface area contributed by atoms with E-state index in [4.69, 9.17) is 5.41 Å². The summed E-state index contributed by atoms with van der Waals surface area (Å²) in [5.41, 5.74) is 8.89. The number of nitrogens with two attached hydrogens (primary N) is 2. The van der Waals surface area contributed by atoms with Crippen molar-refractivity contribution in [1.82, 2.24) is 0 Å². The van der Waals surface area contributed by atoms with E-state index in [1.54, 1.807) is 0 Å². The van der Waals surface area contributed by atoms with Crippen molar-refractivity contribution >= 4 is 6.34 Å². The van der Waals surface area contributed by atoms with Crippen LogP contribution in [0.5, 0.6) is 0 Å². The second-order valence-corrected chi connectivity index (χ2v) is 0.167. The molecule has 0 aliphatic heterocycles. The highest BCUT2D eigenvalue weighted by Gasteiger charge is 1.10. The molecule has 0 atom stereocenters. The lowest BCUT2D eigenvalue weighted by Gasteiger charge is -1.38. The number of rotatable bonds is 0. The van der Waals surface area contributed by atoms with Crippen LogP contribution in [0.25, 0.3) is 0 Å². The molecule has 3 nitrogen and oxygen atoms in total. The van der Waals surface area contributed by atoms with Gasteiger partial charge in [-0.2, -0.15) is 0 Å². The predicted octanol–water partition coefficient (Wildman–Crippen LogP) is -0.873. The lowest BCUT2D eigenvalue weighted by molar-refractivity contribution is 1.48. The Bertz CT molecular complexity index is 12.4. The molecule has 32 valence electrons. The van der Waals surface area contributed by atoms with E-state index in [1.165, 1.54) is 7.05 Å². The molecular formula is C2H9N3. The summed E-state index contributed by atoms with van der Waals surface area (Å²) in [5.74, 6) is 0. The first kappa shape index (κ1) is 8.83. The average molecular weight is 75.1 g/mol. The van der Waals surface area contributed by atoms with Crippen molar-refractivity contribution in [3.05, 3.63) is 0 Å². The molecule has 0 bridgehead atoms. The zero-order valence-corrected chi connectivity index (χ0v) is 3.23. The molecule has 5 N–H and O–H groups in total. The Hall–Kier alpha value is -0.570. The van der Waals surface area contributed by atoms with E-state index in [0.29, 0.717) is 0 Å². The summed E-state index contributed by atoms with van der Waals surface area (Å²) in [6, 6.07) is 0. The van der Waals surface area contributed by atoms with E-state index in [0.717, 1.165) is 6.34 Å². The summed E-state index contributed by atoms with van der Waals surface area (Å²) >= 11 is 0. The third-order valence-electron chi connectivity index (χ3n) is 0. The topological polar surface area (TPSA) is 75.9 Å². The molecule has 0 aromatic carbocycles. The van der Waals surface area contributed by atoms with Gasteiger partial charge < -0.3 is 11.5 Å². The third-order valence-corrected chi connectivity index (χ3v) is 0. The molecule has 0 rings (SSSR count). The van der Waals surface area contributed by atoms with Crippen LogP contribution in [0.4, 0.5) is 0 Å². The van der Waals surface area contributed by atoms with Crippen LogP contribution in [0, 0.1) is 5.41 Å². The maximum absolute atomic E-state index is 5.86. The predicted molar refractivity (Wildman–Crippen MR) is 23.1 cm³/mol. The Kier molecular flexibility index (Phi) is 193. The number of hydrogen-bond acceptors (Lipinski definition) is 2. The molecular weight excluding hydrogens is 66.0 g/mol. The molecule has 0 aliphatic carbocycles. The summed E-state index contributed by atoms with van der Waals surface area (Å²) in [4.78, 5) is 0. The Morgan fingerprint density at radius 2 is 1.60 bits per heavy atom. The lowest BCUT2D eigenvalue weighted by Crippen LogP contribution is -1.81. The van der Waals surface area contributed by atoms with E-state index in [-0.39, 0.29) is 0 Å². The largest absolute Gasteiger partial charge is 0.390 e. The highest BCUT2D eigenvalue weighted by Crippen LogP contribution is 0.879. The zero-order chi connectivity index (χ0) is 4.71. The van der Waals surface area contributed by atoms with Gasteiger partial charge in [0.05, 0.1) is 6.34 Å². The second kappa shape index (κ2) is 110. The Balaban J connectivity index is 0. The third kappa shape index (κ3) is 21.6. The van der Waals surface area contributed by atoms with Crippen molar-refractivity contribution in [2.24, 2.45) is 11.5 Å². The average Bonchev–Trinajstić information content (AvgIpc) is 1.46. The van der Waals surface area contributed by atoms with Crippen molar-refractivity contribution in [2.75, 3.05) is 7.05 Å². The zero-order valence-electron chi connectivity index (χ0n) is 3.23. The van der Waals surface area contributed by atoms with Crippen LogP contribution in [0.2, 0.25) is 0 Å². The number of hydrogen-bond donors (Lipinski definition) is 3. The SMILES string of the molecule is CN.N=CN. The van der Waals surface area contributed by atoms with E-state index in [9.17, 15) is 0 Å². The van der Waals surface area contributed by atoms with Crippen molar-refractivity contribution in [3.63, 3.8) is 0 Å². The van der Waals surface area contributed by atoms with E-state index in [2.05, 4.69) is 11.5 Å². The molecule has 0 heterocycles. The van der Waals surface area contributed by atoms with Gasteiger partial charge in [-0.05, 0) is 7.05 Å². The molecule has 0 aromatic rings. The van der Waals surface area contributed by atoms with Gasteiger partial charge in [0.2, 0.25) is 0 Å². The normalized spacial score (nSPS) is 3.60. The minimum Gasteiger partial charge on any atom is -0.390 e. The van der Waals surface area contributed by atoms with Gasteiger partial charge in [0.25, 0.3) is 0 Å². The molecule has 0 aliphatic rings. The Morgan fingerprint density at radius 3 is 1.60 bits per heavy atom. The van der Waals surface area contributed by atoms with E-state index < -0.39 is 0 Å². The first-order valence-corrected chi connectivity index (χ1v) is 1.20. The molecule has 0 spiro atoms. The van der Waals surface area contributed by atoms with Gasteiger partial charge in [0.15, 0.2) is 0 Å². The molecule has 0 radical (unpaired) electrons. The van der Waals surface area contributed by atoms with Crippen LogP contribution in [0.1, 0.15) is 0 Å². The summed E-state index contributed by atoms with van der Waals surface area (Å²) < 4.78 is 0. The molecule has 0 amide bonds. The maximum atomic E-state index is 5.86. The fraction of sp³-hybridized carbons (Fsp3) is 0.500. The monoisotopic (exact) mass is 75.1 g/mol. The van der Waals surface area contributed by atoms with Gasteiger partial charge in [0.1, 0.15) is 0 Å². The second-order valence-electron chi connectivity index (χ2n) is 0.167. The minimum atomic E-state index is 0.750. The summed E-state index contributed by atoms with van der Waals surface area (Å²) in [6.07, 6.45) is 0.750. The fourth-order valence-corrected chi connectivity index (χ4v) is 0. The highest BCUT2D eigenvalue weighted by atomic mass is 14.6. The van der Waals surface area contributed by atoms with Crippen LogP contribution in [-0.4, -0.2) is 13.4 Å². The smallest absolute Gasteiger partial charge is 0.0765 e. The molecule has 3 heteroatoms. The minimum absolute atomic E-state index is 0.750. The van der Waals surface area contributed by atoms with Crippen molar-refractivity contribution in [1.29, 1.82) is 5.41 Å². The van der Waals surface area contributed by atoms with Crippen LogP contribution in [-0.2, 0) is 0 Å². The Morgan fingerprint density at radius 1 is 1.60 bits per heavy atom. The number of nitrogens with one attached hydrogen (secondary N) is 1. The first-order valence-electron chi connectivity index (χ1n) is 1.20. The Labute approximate surface area is 31.5 Å². The fourth-order valence-electron chi connectivity index (χ4n) is 0. The van der Waals surface area contributed by atoms with Crippen LogP contribution < -0.4 is 11.5 Å². The molecule has 5 heavy (non-hydrogen) atoms. The van der Waals surface area contributed by atoms with Gasteiger partial charge in [-0.25, -0.2) is 0 Å². The van der Waals surface area contributed by atoms with Crippen molar-refractivity contribution < 1.29 is 0 Å². The van der Waals surface area contributed by atoms with Gasteiger partial charge >= 0.3 is 0 Å². The van der Waals surface area contributed by atoms with Crippen molar-refractivity contribution in [2.45, 2.75) is 0 Å². The maximum Gasteiger partial charge on any atom is 0.0765 e. The molecule has 0 saturated heterocycles. The van der Waals surface area contributed by atoms with Gasteiger partial charge in [0, 0.05) is 0 Å². The summed E-state index contributed by atoms with van der Waals surface area (Å²) in [7, 11) is 1.50. The first-order chi connectivity index (χ1) is 2.41. The van der Waals surface area contributed by atoms with Gasteiger partial charge in [-0.1, -0.05) is 0 Å². The molecule has 0 saturated carbocycles. The summed E-state index contributed by atoms with van der Waals surface area (Å²) in [6.45, 7) is 0. The molecule has 0 unspecified atom stereocenters. The standard InChI is InChI=1S/CH4N2.CH5N/c2-1-3;1-2/h1H,(H3,2,3);2H2,1H3. The lowest BCUT2D eigenvalue weighted by atomic mass is 11.4. The van der Waals surface area contributed by atoms with Crippen LogP contribution in [0.15, 0.2) is 0 Å². The van der Waals surface area contributed by atoms with Gasteiger partial charge in [-0.3, -0.25) is 5.41 Å². The van der Waals surface area contributed by atoms with Gasteiger partial charge in [-0.15, -0.1) is 0 Å². The van der Waals surface area contributed by atoms with E-state index >= 15 is 0 Å². The van der Waals surface area contributed by atoms with E-state index in [1.807, 2.05) is 0 Å². The highest BCUT2D eigenvalue weighted by molar-refractivity contribution is 5.46. The molecule has 0 fully saturated rings. The van der Waals surface area contributed by atoms with Crippen LogP contribution in [0.3, 0.4) is 0 Å². The quantitative estimate of drug-likeness (QED) is 0.258. The molecule has 0 aromatic heterocycles. The van der Waals surface area contributed by atoms with Crippen molar-refractivity contribution in [3.8, 4) is 0 Å². The van der Waals surface area contributed by atoms with Crippen LogP contribution >= 0.6 is 0 Å².